The monoisotopic (exact) mass is 849 g/mol. The Labute approximate surface area is 363 Å². The highest BCUT2D eigenvalue weighted by Crippen LogP contribution is 2.65. The van der Waals surface area contributed by atoms with Crippen LogP contribution in [0, 0.1) is 11.3 Å². The van der Waals surface area contributed by atoms with Crippen LogP contribution in [0.1, 0.15) is 40.2 Å². The van der Waals surface area contributed by atoms with E-state index in [0.717, 1.165) is 11.1 Å². The Morgan fingerprint density at radius 1 is 0.633 bits per heavy atom. The second-order valence-corrected chi connectivity index (χ2v) is 16.0. The number of methoxy groups -OCH3 is 2. The van der Waals surface area contributed by atoms with Crippen molar-refractivity contribution in [2.75, 3.05) is 24.0 Å². The summed E-state index contributed by atoms with van der Waals surface area (Å²) < 4.78 is 11.0. The van der Waals surface area contributed by atoms with E-state index in [1.54, 1.807) is 38.5 Å². The number of halogens is 2. The van der Waals surface area contributed by atoms with E-state index >= 15 is 9.59 Å². The molecule has 2 heterocycles. The van der Waals surface area contributed by atoms with Crippen molar-refractivity contribution in [3.8, 4) is 11.5 Å². The molecule has 6 aromatic carbocycles. The van der Waals surface area contributed by atoms with E-state index in [0.29, 0.717) is 55.3 Å². The number of carbonyl (C=O) groups excluding carboxylic acids is 2. The first kappa shape index (κ1) is 39.2. The van der Waals surface area contributed by atoms with Crippen molar-refractivity contribution in [3.63, 3.8) is 0 Å². The van der Waals surface area contributed by atoms with Crippen molar-refractivity contribution in [2.45, 2.75) is 17.9 Å². The number of oxime groups is 1. The van der Waals surface area contributed by atoms with Crippen molar-refractivity contribution in [2.24, 2.45) is 16.5 Å². The molecule has 1 aliphatic carbocycles. The Morgan fingerprint density at radius 3 is 1.60 bits per heavy atom. The van der Waals surface area contributed by atoms with Gasteiger partial charge in [0.25, 0.3) is 11.8 Å². The van der Waals surface area contributed by atoms with E-state index in [2.05, 4.69) is 0 Å². The molecule has 0 N–H and O–H groups in total. The Morgan fingerprint density at radius 2 is 1.10 bits per heavy atom. The molecule has 2 fully saturated rings. The Hall–Kier alpha value is -6.26. The number of hydrogen-bond donors (Lipinski definition) is 0. The molecule has 2 amide bonds. The number of rotatable bonds is 8. The zero-order valence-electron chi connectivity index (χ0n) is 32.4. The number of ether oxygens (including phenoxy) is 2. The minimum absolute atomic E-state index is 0.0345. The maximum atomic E-state index is 16.6. The number of amides is 2. The van der Waals surface area contributed by atoms with E-state index in [1.165, 1.54) is 9.80 Å². The number of allylic oxidation sites excluding steroid dienone is 1. The molecule has 2 aliphatic heterocycles. The second kappa shape index (κ2) is 16.1. The highest BCUT2D eigenvalue weighted by molar-refractivity contribution is 7.81. The summed E-state index contributed by atoms with van der Waals surface area (Å²) in [6, 6.07) is 48.3. The summed E-state index contributed by atoms with van der Waals surface area (Å²) in [5.74, 6) is -2.20. The van der Waals surface area contributed by atoms with Crippen LogP contribution >= 0.6 is 35.4 Å². The summed E-state index contributed by atoms with van der Waals surface area (Å²) in [6.07, 6.45) is 1.26. The van der Waals surface area contributed by atoms with Gasteiger partial charge in [-0.25, -0.2) is 0 Å². The van der Waals surface area contributed by atoms with Gasteiger partial charge in [0.15, 0.2) is 11.2 Å². The minimum atomic E-state index is -1.95. The molecular formula is C49H37Cl2N3O5S. The van der Waals surface area contributed by atoms with Gasteiger partial charge in [-0.2, -0.15) is 0 Å². The first-order chi connectivity index (χ1) is 29.2. The number of fused-ring (bicyclic) bond motifs is 1. The highest BCUT2D eigenvalue weighted by Gasteiger charge is 2.72. The summed E-state index contributed by atoms with van der Waals surface area (Å²) >= 11 is 19.4. The second-order valence-electron chi connectivity index (χ2n) is 14.8. The van der Waals surface area contributed by atoms with E-state index in [1.807, 2.05) is 140 Å². The Bertz CT molecular complexity index is 2580. The van der Waals surface area contributed by atoms with Gasteiger partial charge in [0.05, 0.1) is 37.2 Å². The van der Waals surface area contributed by atoms with E-state index in [4.69, 9.17) is 54.9 Å². The fourth-order valence-corrected chi connectivity index (χ4v) is 9.64. The standard InChI is InChI=1S/C49H37Cl2N3O5S/c1-57-38-25-13-30(14-26-38)29-40-42(31-15-21-34(50)22-16-31)49(46(55)53(36-9-5-3-6-10-36)48(60)54(47(49)56)37-11-7-4-8-12-37)43(32-17-23-35(51)24-18-32)41-44(40)52-59-45(41)33-19-27-39(58-2)28-20-33/h3-29,41-43,45H,1-2H3/b40-29-. The summed E-state index contributed by atoms with van der Waals surface area (Å²) in [6.45, 7) is 0. The molecule has 6 aromatic rings. The number of nitrogens with zero attached hydrogens (tertiary/aromatic N) is 3. The maximum absolute atomic E-state index is 16.6. The third kappa shape index (κ3) is 6.54. The normalized spacial score (nSPS) is 21.4. The highest BCUT2D eigenvalue weighted by atomic mass is 35.5. The van der Waals surface area contributed by atoms with Gasteiger partial charge >= 0.3 is 0 Å². The molecule has 0 radical (unpaired) electrons. The van der Waals surface area contributed by atoms with E-state index in [9.17, 15) is 0 Å². The van der Waals surface area contributed by atoms with Crippen LogP contribution in [0.15, 0.2) is 168 Å². The van der Waals surface area contributed by atoms with Crippen molar-refractivity contribution in [1.29, 1.82) is 0 Å². The number of carbonyl (C=O) groups is 2. The SMILES string of the molecule is COc1ccc(/C=C2\C3=NOC(c4ccc(OC)cc4)C3C(c3ccc(Cl)cc3)C3(C(=O)N(c4ccccc4)C(=S)N(c4ccccc4)C3=O)C2c2ccc(Cl)cc2)cc1. The van der Waals surface area contributed by atoms with E-state index < -0.39 is 41.1 Å². The molecule has 298 valence electrons. The van der Waals surface area contributed by atoms with Gasteiger partial charge < -0.3 is 14.3 Å². The lowest BCUT2D eigenvalue weighted by atomic mass is 9.48. The molecule has 9 rings (SSSR count). The molecule has 1 saturated heterocycles. The van der Waals surface area contributed by atoms with Crippen LogP contribution < -0.4 is 19.3 Å². The van der Waals surface area contributed by atoms with Crippen LogP contribution in [0.2, 0.25) is 10.0 Å². The topological polar surface area (TPSA) is 80.7 Å². The third-order valence-electron chi connectivity index (χ3n) is 11.7. The number of para-hydroxylation sites is 2. The predicted octanol–water partition coefficient (Wildman–Crippen LogP) is 11.1. The van der Waals surface area contributed by atoms with Gasteiger partial charge in [-0.1, -0.05) is 113 Å². The third-order valence-corrected chi connectivity index (χ3v) is 12.5. The summed E-state index contributed by atoms with van der Waals surface area (Å²) in [5.41, 5.74) is 3.25. The average Bonchev–Trinajstić information content (AvgIpc) is 3.72. The summed E-state index contributed by atoms with van der Waals surface area (Å²) in [4.78, 5) is 42.8. The van der Waals surface area contributed by atoms with Crippen LogP contribution in [0.3, 0.4) is 0 Å². The first-order valence-corrected chi connectivity index (χ1v) is 20.5. The lowest BCUT2D eigenvalue weighted by Crippen LogP contribution is -2.71. The van der Waals surface area contributed by atoms with Gasteiger partial charge in [-0.3, -0.25) is 19.4 Å². The molecule has 60 heavy (non-hydrogen) atoms. The zero-order chi connectivity index (χ0) is 41.5. The lowest BCUT2D eigenvalue weighted by molar-refractivity contribution is -0.145. The number of benzene rings is 6. The fourth-order valence-electron chi connectivity index (χ4n) is 9.01. The van der Waals surface area contributed by atoms with E-state index in [-0.39, 0.29) is 5.11 Å². The van der Waals surface area contributed by atoms with Crippen LogP contribution in [0.4, 0.5) is 11.4 Å². The van der Waals surface area contributed by atoms with Gasteiger partial charge in [0.2, 0.25) is 0 Å². The smallest absolute Gasteiger partial charge is 0.250 e. The average molecular weight is 851 g/mol. The van der Waals surface area contributed by atoms with Crippen LogP contribution in [-0.4, -0.2) is 36.9 Å². The molecule has 0 bridgehead atoms. The minimum Gasteiger partial charge on any atom is -0.497 e. The first-order valence-electron chi connectivity index (χ1n) is 19.3. The molecule has 1 saturated carbocycles. The summed E-state index contributed by atoms with van der Waals surface area (Å²) in [5, 5.41) is 5.95. The van der Waals surface area contributed by atoms with Gasteiger partial charge in [0.1, 0.15) is 16.9 Å². The molecule has 4 unspecified atom stereocenters. The largest absolute Gasteiger partial charge is 0.497 e. The number of anilines is 2. The lowest BCUT2D eigenvalue weighted by Gasteiger charge is -2.56. The quantitative estimate of drug-likeness (QED) is 0.112. The van der Waals surface area contributed by atoms with Crippen LogP contribution in [0.25, 0.3) is 6.08 Å². The maximum Gasteiger partial charge on any atom is 0.250 e. The Balaban J connectivity index is 1.42. The predicted molar refractivity (Wildman–Crippen MR) is 240 cm³/mol. The van der Waals surface area contributed by atoms with Gasteiger partial charge in [0, 0.05) is 21.9 Å². The van der Waals surface area contributed by atoms with Crippen molar-refractivity contribution < 1.29 is 23.9 Å². The molecule has 4 atom stereocenters. The number of thiocarbonyl (C=S) groups is 1. The molecule has 3 aliphatic rings. The van der Waals surface area contributed by atoms with Gasteiger partial charge in [-0.15, -0.1) is 0 Å². The van der Waals surface area contributed by atoms with Crippen LogP contribution in [0.5, 0.6) is 11.5 Å². The fraction of sp³-hybridized carbons (Fsp3) is 0.143. The number of hydrogen-bond acceptors (Lipinski definition) is 7. The van der Waals surface area contributed by atoms with Crippen LogP contribution in [-0.2, 0) is 14.4 Å². The molecule has 0 aromatic heterocycles. The van der Waals surface area contributed by atoms with Gasteiger partial charge in [-0.05, 0) is 119 Å². The Kier molecular flexibility index (Phi) is 10.5. The molecular weight excluding hydrogens is 814 g/mol. The van der Waals surface area contributed by atoms with Crippen molar-refractivity contribution in [1.82, 2.24) is 0 Å². The molecule has 11 heteroatoms. The zero-order valence-corrected chi connectivity index (χ0v) is 34.8. The summed E-state index contributed by atoms with van der Waals surface area (Å²) in [7, 11) is 3.22. The molecule has 1 spiro atoms. The van der Waals surface area contributed by atoms with Crippen molar-refractivity contribution >= 4 is 75.5 Å². The van der Waals surface area contributed by atoms with Crippen molar-refractivity contribution in [3.05, 3.63) is 196 Å². The molecule has 8 nitrogen and oxygen atoms in total.